The summed E-state index contributed by atoms with van der Waals surface area (Å²) in [4.78, 5) is 18.8. The normalized spacial score (nSPS) is 29.4. The zero-order chi connectivity index (χ0) is 14.4. The van der Waals surface area contributed by atoms with E-state index in [1.54, 1.807) is 12.1 Å². The van der Waals surface area contributed by atoms with Crippen LogP contribution in [0.15, 0.2) is 29.0 Å². The van der Waals surface area contributed by atoms with Crippen molar-refractivity contribution >= 4 is 16.9 Å². The van der Waals surface area contributed by atoms with Crippen molar-refractivity contribution in [3.05, 3.63) is 30.3 Å². The lowest BCUT2D eigenvalue weighted by molar-refractivity contribution is 0.0618. The fraction of sp³-hybridized carbons (Fsp3) is 0.467. The van der Waals surface area contributed by atoms with Crippen molar-refractivity contribution in [2.45, 2.75) is 18.9 Å². The SMILES string of the molecule is [3H]c1nc(C(=O)N[C@H]2CN3CCC2CC3)cc2ccoc12. The highest BCUT2D eigenvalue weighted by atomic mass is 16.3. The molecule has 3 aliphatic rings. The van der Waals surface area contributed by atoms with Crippen LogP contribution in [0.2, 0.25) is 0 Å². The predicted octanol–water partition coefficient (Wildman–Crippen LogP) is 1.65. The molecule has 1 amide bonds. The average Bonchev–Trinajstić information content (AvgIpc) is 2.97. The first-order valence-corrected chi connectivity index (χ1v) is 7.09. The van der Waals surface area contributed by atoms with Gasteiger partial charge in [0.05, 0.1) is 13.8 Å². The molecule has 0 unspecified atom stereocenters. The fourth-order valence-electron chi connectivity index (χ4n) is 3.30. The number of aromatic nitrogens is 1. The van der Waals surface area contributed by atoms with Crippen LogP contribution in [0.4, 0.5) is 0 Å². The van der Waals surface area contributed by atoms with Gasteiger partial charge in [0.1, 0.15) is 5.69 Å². The number of hydrogen-bond donors (Lipinski definition) is 1. The van der Waals surface area contributed by atoms with E-state index in [4.69, 9.17) is 5.79 Å². The predicted molar refractivity (Wildman–Crippen MR) is 74.4 cm³/mol. The molecule has 2 aromatic heterocycles. The number of hydrogen-bond acceptors (Lipinski definition) is 4. The van der Waals surface area contributed by atoms with E-state index in [1.807, 2.05) is 0 Å². The van der Waals surface area contributed by atoms with Gasteiger partial charge in [-0.15, -0.1) is 0 Å². The third kappa shape index (κ3) is 1.98. The average molecular weight is 273 g/mol. The van der Waals surface area contributed by atoms with Crippen LogP contribution < -0.4 is 5.32 Å². The van der Waals surface area contributed by atoms with Gasteiger partial charge in [-0.1, -0.05) is 0 Å². The number of piperidine rings is 3. The van der Waals surface area contributed by atoms with E-state index in [0.717, 1.165) is 37.9 Å². The molecule has 3 aliphatic heterocycles. The summed E-state index contributed by atoms with van der Waals surface area (Å²) in [5, 5.41) is 3.84. The van der Waals surface area contributed by atoms with E-state index in [9.17, 15) is 4.79 Å². The second-order valence-electron chi connectivity index (χ2n) is 5.68. The molecule has 5 heterocycles. The third-order valence-corrected chi connectivity index (χ3v) is 4.47. The van der Waals surface area contributed by atoms with Gasteiger partial charge in [-0.3, -0.25) is 4.79 Å². The Morgan fingerprint density at radius 3 is 3.10 bits per heavy atom. The molecule has 0 aromatic carbocycles. The Morgan fingerprint density at radius 2 is 2.35 bits per heavy atom. The van der Waals surface area contributed by atoms with Crippen LogP contribution >= 0.6 is 0 Å². The number of fused-ring (bicyclic) bond motifs is 4. The van der Waals surface area contributed by atoms with Gasteiger partial charge in [0.25, 0.3) is 5.91 Å². The van der Waals surface area contributed by atoms with E-state index < -0.39 is 0 Å². The monoisotopic (exact) mass is 273 g/mol. The van der Waals surface area contributed by atoms with Gasteiger partial charge in [0.2, 0.25) is 0 Å². The summed E-state index contributed by atoms with van der Waals surface area (Å²) >= 11 is 0. The van der Waals surface area contributed by atoms with E-state index >= 15 is 0 Å². The molecule has 0 saturated carbocycles. The lowest BCUT2D eigenvalue weighted by atomic mass is 9.84. The lowest BCUT2D eigenvalue weighted by Crippen LogP contribution is -2.57. The van der Waals surface area contributed by atoms with Crippen LogP contribution in [0.1, 0.15) is 24.7 Å². The molecule has 20 heavy (non-hydrogen) atoms. The van der Waals surface area contributed by atoms with Gasteiger partial charge in [-0.2, -0.15) is 0 Å². The van der Waals surface area contributed by atoms with Crippen LogP contribution in [-0.2, 0) is 0 Å². The Hall–Kier alpha value is -1.88. The van der Waals surface area contributed by atoms with Gasteiger partial charge in [0.15, 0.2) is 5.58 Å². The number of nitrogens with zero attached hydrogens (tertiary/aromatic N) is 2. The summed E-state index contributed by atoms with van der Waals surface area (Å²) in [6.07, 6.45) is 3.84. The molecule has 5 nitrogen and oxygen atoms in total. The van der Waals surface area contributed by atoms with Crippen LogP contribution in [-0.4, -0.2) is 41.5 Å². The van der Waals surface area contributed by atoms with Gasteiger partial charge >= 0.3 is 0 Å². The molecule has 2 bridgehead atoms. The highest BCUT2D eigenvalue weighted by molar-refractivity contribution is 5.95. The quantitative estimate of drug-likeness (QED) is 0.904. The molecule has 1 atom stereocenters. The van der Waals surface area contributed by atoms with Crippen molar-refractivity contribution in [3.8, 4) is 0 Å². The number of furan rings is 1. The lowest BCUT2D eigenvalue weighted by Gasteiger charge is -2.44. The van der Waals surface area contributed by atoms with Crippen molar-refractivity contribution < 1.29 is 10.6 Å². The molecule has 0 spiro atoms. The summed E-state index contributed by atoms with van der Waals surface area (Å²) in [5.41, 5.74) is 0.722. The van der Waals surface area contributed by atoms with Crippen molar-refractivity contribution in [3.63, 3.8) is 0 Å². The Balaban J connectivity index is 1.56. The maximum absolute atomic E-state index is 12.4. The molecule has 2 aromatic rings. The molecule has 0 aliphatic carbocycles. The minimum Gasteiger partial charge on any atom is -0.463 e. The molecular weight excluding hydrogens is 254 g/mol. The van der Waals surface area contributed by atoms with Crippen molar-refractivity contribution in [1.29, 1.82) is 0 Å². The van der Waals surface area contributed by atoms with Gasteiger partial charge in [-0.05, 0) is 44.0 Å². The number of amides is 1. The molecule has 3 saturated heterocycles. The number of carbonyl (C=O) groups is 1. The van der Waals surface area contributed by atoms with Crippen LogP contribution in [0.5, 0.6) is 0 Å². The summed E-state index contributed by atoms with van der Waals surface area (Å²) in [5.74, 6) is 0.387. The largest absolute Gasteiger partial charge is 0.463 e. The summed E-state index contributed by atoms with van der Waals surface area (Å²) in [6, 6.07) is 3.64. The number of rotatable bonds is 2. The summed E-state index contributed by atoms with van der Waals surface area (Å²) in [7, 11) is 0. The Morgan fingerprint density at radius 1 is 1.50 bits per heavy atom. The summed E-state index contributed by atoms with van der Waals surface area (Å²) in [6.45, 7) is 3.22. The van der Waals surface area contributed by atoms with Crippen LogP contribution in [0, 0.1) is 5.92 Å². The molecular formula is C15H17N3O2. The number of nitrogens with one attached hydrogen (secondary N) is 1. The minimum absolute atomic E-state index is 0.0107. The maximum atomic E-state index is 12.4. The van der Waals surface area contributed by atoms with Crippen molar-refractivity contribution in [1.82, 2.24) is 15.2 Å². The Kier molecular flexibility index (Phi) is 2.49. The number of carbonyl (C=O) groups excluding carboxylic acids is 1. The third-order valence-electron chi connectivity index (χ3n) is 4.47. The van der Waals surface area contributed by atoms with Crippen LogP contribution in [0.25, 0.3) is 11.0 Å². The van der Waals surface area contributed by atoms with Crippen molar-refractivity contribution in [2.75, 3.05) is 19.6 Å². The molecule has 1 N–H and O–H groups in total. The first kappa shape index (κ1) is 10.9. The number of pyridine rings is 1. The Bertz CT molecular complexity index is 691. The first-order valence-electron chi connectivity index (χ1n) is 7.59. The second kappa shape index (κ2) is 4.59. The highest BCUT2D eigenvalue weighted by Gasteiger charge is 2.35. The minimum atomic E-state index is -0.189. The first-order chi connectivity index (χ1) is 10.2. The standard InChI is InChI=1S/C15H17N3O2/c19-15(12-7-11-3-6-20-14(11)8-16-12)17-13-9-18-4-1-10(13)2-5-18/h3,6-8,10,13H,1-2,4-5,9H2,(H,17,19)/t13-/m0/s1/i8T. The molecule has 0 radical (unpaired) electrons. The second-order valence-corrected chi connectivity index (χ2v) is 5.68. The smallest absolute Gasteiger partial charge is 0.270 e. The van der Waals surface area contributed by atoms with Crippen molar-refractivity contribution in [2.24, 2.45) is 5.92 Å². The van der Waals surface area contributed by atoms with E-state index in [1.165, 1.54) is 6.26 Å². The van der Waals surface area contributed by atoms with E-state index in [0.29, 0.717) is 17.2 Å². The molecule has 5 rings (SSSR count). The van der Waals surface area contributed by atoms with Crippen LogP contribution in [0.3, 0.4) is 0 Å². The maximum Gasteiger partial charge on any atom is 0.270 e. The van der Waals surface area contributed by atoms with Gasteiger partial charge in [0, 0.05) is 18.0 Å². The van der Waals surface area contributed by atoms with Gasteiger partial charge in [-0.25, -0.2) is 4.98 Å². The molecule has 104 valence electrons. The topological polar surface area (TPSA) is 58.4 Å². The molecule has 5 heteroatoms. The Labute approximate surface area is 118 Å². The highest BCUT2D eigenvalue weighted by Crippen LogP contribution is 2.27. The fourth-order valence-corrected chi connectivity index (χ4v) is 3.30. The zero-order valence-corrected chi connectivity index (χ0v) is 11.1. The van der Waals surface area contributed by atoms with E-state index in [2.05, 4.69) is 15.2 Å². The molecule has 3 fully saturated rings. The van der Waals surface area contributed by atoms with Gasteiger partial charge < -0.3 is 14.6 Å². The summed E-state index contributed by atoms with van der Waals surface area (Å²) < 4.78 is 13.0. The van der Waals surface area contributed by atoms with E-state index in [-0.39, 0.29) is 18.1 Å². The zero-order valence-electron chi connectivity index (χ0n) is 12.1.